The van der Waals surface area contributed by atoms with Crippen LogP contribution in [0.25, 0.3) is 10.9 Å². The molecule has 7 nitrogen and oxygen atoms in total. The van der Waals surface area contributed by atoms with E-state index in [1.165, 1.54) is 24.5 Å². The summed E-state index contributed by atoms with van der Waals surface area (Å²) in [5, 5.41) is 0.207. The summed E-state index contributed by atoms with van der Waals surface area (Å²) in [5.41, 5.74) is 0.360. The lowest BCUT2D eigenvalue weighted by Gasteiger charge is -2.12. The molecule has 0 saturated carbocycles. The number of sulfonamides is 1. The number of hydrogen-bond donors (Lipinski definition) is 2. The number of benzene rings is 2. The zero-order valence-corrected chi connectivity index (χ0v) is 13.6. The highest BCUT2D eigenvalue weighted by Gasteiger charge is 2.17. The molecule has 24 heavy (non-hydrogen) atoms. The Kier molecular flexibility index (Phi) is 4.22. The van der Waals surface area contributed by atoms with Gasteiger partial charge in [0.25, 0.3) is 15.6 Å². The molecule has 0 amide bonds. The molecular weight excluding hydrogens is 330 g/mol. The number of rotatable bonds is 5. The van der Waals surface area contributed by atoms with Gasteiger partial charge in [0.15, 0.2) is 0 Å². The average Bonchev–Trinajstić information content (AvgIpc) is 2.57. The first-order chi connectivity index (χ1) is 11.5. The molecule has 2 N–H and O–H groups in total. The van der Waals surface area contributed by atoms with Crippen molar-refractivity contribution in [3.05, 3.63) is 59.1 Å². The van der Waals surface area contributed by atoms with Crippen molar-refractivity contribution >= 4 is 26.6 Å². The Morgan fingerprint density at radius 3 is 2.79 bits per heavy atom. The van der Waals surface area contributed by atoms with Gasteiger partial charge in [-0.15, -0.1) is 0 Å². The van der Waals surface area contributed by atoms with E-state index in [0.29, 0.717) is 23.6 Å². The van der Waals surface area contributed by atoms with Gasteiger partial charge in [-0.25, -0.2) is 13.4 Å². The molecule has 3 rings (SSSR count). The summed E-state index contributed by atoms with van der Waals surface area (Å²) in [6.07, 6.45) is 1.27. The van der Waals surface area contributed by atoms with Crippen LogP contribution < -0.4 is 15.0 Å². The fourth-order valence-corrected chi connectivity index (χ4v) is 3.35. The second-order valence-electron chi connectivity index (χ2n) is 4.95. The summed E-state index contributed by atoms with van der Waals surface area (Å²) in [4.78, 5) is 18.2. The van der Waals surface area contributed by atoms with E-state index in [1.807, 2.05) is 6.92 Å². The summed E-state index contributed by atoms with van der Waals surface area (Å²) in [6.45, 7) is 2.23. The molecule has 0 spiro atoms. The number of ether oxygens (including phenoxy) is 1. The lowest BCUT2D eigenvalue weighted by molar-refractivity contribution is 0.342. The molecule has 0 unspecified atom stereocenters. The summed E-state index contributed by atoms with van der Waals surface area (Å²) < 4.78 is 33.1. The van der Waals surface area contributed by atoms with Gasteiger partial charge < -0.3 is 9.72 Å². The van der Waals surface area contributed by atoms with E-state index in [1.54, 1.807) is 24.3 Å². The molecule has 1 heterocycles. The van der Waals surface area contributed by atoms with Crippen molar-refractivity contribution in [2.75, 3.05) is 11.3 Å². The van der Waals surface area contributed by atoms with Crippen molar-refractivity contribution in [1.29, 1.82) is 0 Å². The highest BCUT2D eigenvalue weighted by Crippen LogP contribution is 2.27. The van der Waals surface area contributed by atoms with Crippen LogP contribution in [0, 0.1) is 0 Å². The van der Waals surface area contributed by atoms with Gasteiger partial charge in [0, 0.05) is 0 Å². The van der Waals surface area contributed by atoms with E-state index in [0.717, 1.165) is 0 Å². The third kappa shape index (κ3) is 3.09. The van der Waals surface area contributed by atoms with E-state index in [4.69, 9.17) is 4.74 Å². The second-order valence-corrected chi connectivity index (χ2v) is 6.63. The molecule has 0 radical (unpaired) electrons. The molecule has 8 heteroatoms. The van der Waals surface area contributed by atoms with E-state index in [-0.39, 0.29) is 10.3 Å². The monoisotopic (exact) mass is 345 g/mol. The van der Waals surface area contributed by atoms with Gasteiger partial charge in [-0.2, -0.15) is 0 Å². The van der Waals surface area contributed by atoms with Crippen molar-refractivity contribution in [3.63, 3.8) is 0 Å². The number of anilines is 1. The Hall–Kier alpha value is -2.87. The number of aromatic amines is 1. The van der Waals surface area contributed by atoms with Crippen molar-refractivity contribution < 1.29 is 13.2 Å². The molecule has 0 fully saturated rings. The largest absolute Gasteiger partial charge is 0.492 e. The van der Waals surface area contributed by atoms with Crippen LogP contribution in [0.15, 0.2) is 58.5 Å². The van der Waals surface area contributed by atoms with Crippen LogP contribution in [0.2, 0.25) is 0 Å². The Morgan fingerprint density at radius 1 is 1.21 bits per heavy atom. The van der Waals surface area contributed by atoms with E-state index in [9.17, 15) is 13.2 Å². The van der Waals surface area contributed by atoms with Crippen LogP contribution in [0.4, 0.5) is 5.69 Å². The number of aromatic nitrogens is 2. The maximum Gasteiger partial charge on any atom is 0.262 e. The van der Waals surface area contributed by atoms with Gasteiger partial charge in [0.2, 0.25) is 0 Å². The van der Waals surface area contributed by atoms with Crippen molar-refractivity contribution in [2.24, 2.45) is 0 Å². The lowest BCUT2D eigenvalue weighted by atomic mass is 10.2. The van der Waals surface area contributed by atoms with Crippen molar-refractivity contribution in [3.8, 4) is 5.75 Å². The highest BCUT2D eigenvalue weighted by molar-refractivity contribution is 7.92. The Balaban J connectivity index is 2.03. The fraction of sp³-hybridized carbons (Fsp3) is 0.125. The average molecular weight is 345 g/mol. The minimum atomic E-state index is -3.87. The predicted octanol–water partition coefficient (Wildman–Crippen LogP) is 2.12. The Bertz CT molecular complexity index is 1040. The minimum absolute atomic E-state index is 0.0280. The molecule has 0 bridgehead atoms. The zero-order chi connectivity index (χ0) is 17.2. The first-order valence-electron chi connectivity index (χ1n) is 7.23. The quantitative estimate of drug-likeness (QED) is 0.737. The highest BCUT2D eigenvalue weighted by atomic mass is 32.2. The molecule has 1 aromatic heterocycles. The van der Waals surface area contributed by atoms with E-state index < -0.39 is 15.6 Å². The first-order valence-corrected chi connectivity index (χ1v) is 8.71. The zero-order valence-electron chi connectivity index (χ0n) is 12.8. The number of para-hydroxylation sites is 2. The summed E-state index contributed by atoms with van der Waals surface area (Å²) in [5.74, 6) is 0.434. The molecule has 3 aromatic rings. The number of hydrogen-bond acceptors (Lipinski definition) is 5. The third-order valence-electron chi connectivity index (χ3n) is 3.35. The van der Waals surface area contributed by atoms with E-state index >= 15 is 0 Å². The minimum Gasteiger partial charge on any atom is -0.492 e. The maximum atomic E-state index is 12.6. The van der Waals surface area contributed by atoms with Gasteiger partial charge in [-0.1, -0.05) is 12.1 Å². The van der Waals surface area contributed by atoms with Crippen LogP contribution in [0.5, 0.6) is 5.75 Å². The van der Waals surface area contributed by atoms with Gasteiger partial charge in [0.1, 0.15) is 5.75 Å². The molecule has 124 valence electrons. The van der Waals surface area contributed by atoms with Crippen LogP contribution in [-0.4, -0.2) is 25.0 Å². The number of nitrogens with one attached hydrogen (secondary N) is 2. The molecule has 0 saturated heterocycles. The van der Waals surface area contributed by atoms with Gasteiger partial charge >= 0.3 is 0 Å². The molecule has 0 aliphatic rings. The normalized spacial score (nSPS) is 11.4. The molecule has 2 aromatic carbocycles. The Labute approximate surface area is 138 Å². The van der Waals surface area contributed by atoms with E-state index in [2.05, 4.69) is 14.7 Å². The van der Waals surface area contributed by atoms with Gasteiger partial charge in [-0.3, -0.25) is 9.52 Å². The summed E-state index contributed by atoms with van der Waals surface area (Å²) in [6, 6.07) is 10.9. The standard InChI is InChI=1S/C16H15N3O4S/c1-2-23-15-6-4-3-5-14(15)19-24(21,22)11-7-8-13-12(9-11)16(20)18-10-17-13/h3-10,19H,2H2,1H3,(H,17,18,20). The van der Waals surface area contributed by atoms with Gasteiger partial charge in [-0.05, 0) is 37.3 Å². The number of fused-ring (bicyclic) bond motifs is 1. The lowest BCUT2D eigenvalue weighted by Crippen LogP contribution is -2.15. The number of H-pyrrole nitrogens is 1. The van der Waals surface area contributed by atoms with Crippen LogP contribution in [0.1, 0.15) is 6.92 Å². The maximum absolute atomic E-state index is 12.6. The molecule has 0 aliphatic carbocycles. The summed E-state index contributed by atoms with van der Waals surface area (Å²) in [7, 11) is -3.87. The van der Waals surface area contributed by atoms with Crippen LogP contribution in [0.3, 0.4) is 0 Å². The van der Waals surface area contributed by atoms with Crippen LogP contribution >= 0.6 is 0 Å². The van der Waals surface area contributed by atoms with Crippen molar-refractivity contribution in [1.82, 2.24) is 9.97 Å². The molecule has 0 atom stereocenters. The third-order valence-corrected chi connectivity index (χ3v) is 4.72. The smallest absolute Gasteiger partial charge is 0.262 e. The Morgan fingerprint density at radius 2 is 2.00 bits per heavy atom. The fourth-order valence-electron chi connectivity index (χ4n) is 2.25. The van der Waals surface area contributed by atoms with Crippen LogP contribution in [-0.2, 0) is 10.0 Å². The second kappa shape index (κ2) is 6.32. The van der Waals surface area contributed by atoms with Gasteiger partial charge in [0.05, 0.1) is 34.4 Å². The number of nitrogens with zero attached hydrogens (tertiary/aromatic N) is 1. The predicted molar refractivity (Wildman–Crippen MR) is 90.8 cm³/mol. The summed E-state index contributed by atoms with van der Waals surface area (Å²) >= 11 is 0. The SMILES string of the molecule is CCOc1ccccc1NS(=O)(=O)c1ccc2nc[nH]c(=O)c2c1. The first kappa shape index (κ1) is 16.0. The van der Waals surface area contributed by atoms with Crippen molar-refractivity contribution in [2.45, 2.75) is 11.8 Å². The molecule has 0 aliphatic heterocycles. The topological polar surface area (TPSA) is 101 Å². The molecular formula is C16H15N3O4S.